The Bertz CT molecular complexity index is 856. The number of hydrogen-bond donors (Lipinski definition) is 1. The van der Waals surface area contributed by atoms with Crippen LogP contribution in [0, 0.1) is 0 Å². The van der Waals surface area contributed by atoms with E-state index < -0.39 is 0 Å². The van der Waals surface area contributed by atoms with Crippen LogP contribution < -0.4 is 5.56 Å². The van der Waals surface area contributed by atoms with E-state index in [2.05, 4.69) is 32.4 Å². The standard InChI is InChI=1S/C18H19N3OS/c22-18-13-5-1-2-6-14(13)19-17(20-18)9-11-21-10-3-7-15(21)16-8-4-12-23-16/h1-2,4-6,8,12,15H,3,7,9-11H2,(H,19,20,22)/t15-/m1/s1. The molecule has 0 amide bonds. The lowest BCUT2D eigenvalue weighted by Crippen LogP contribution is -2.26. The second-order valence-corrected chi connectivity index (χ2v) is 6.97. The number of aromatic amines is 1. The summed E-state index contributed by atoms with van der Waals surface area (Å²) in [6, 6.07) is 12.4. The maximum Gasteiger partial charge on any atom is 0.258 e. The van der Waals surface area contributed by atoms with E-state index >= 15 is 0 Å². The molecule has 4 nitrogen and oxygen atoms in total. The lowest BCUT2D eigenvalue weighted by molar-refractivity contribution is 0.262. The molecule has 118 valence electrons. The Hall–Kier alpha value is -1.98. The van der Waals surface area contributed by atoms with Crippen LogP contribution in [0.3, 0.4) is 0 Å². The highest BCUT2D eigenvalue weighted by Crippen LogP contribution is 2.34. The van der Waals surface area contributed by atoms with E-state index in [0.29, 0.717) is 11.4 Å². The Balaban J connectivity index is 1.51. The first-order valence-corrected chi connectivity index (χ1v) is 8.94. The summed E-state index contributed by atoms with van der Waals surface area (Å²) in [6.07, 6.45) is 3.24. The van der Waals surface area contributed by atoms with Gasteiger partial charge in [0.2, 0.25) is 0 Å². The van der Waals surface area contributed by atoms with Crippen molar-refractivity contribution >= 4 is 22.2 Å². The molecule has 0 bridgehead atoms. The minimum Gasteiger partial charge on any atom is -0.310 e. The maximum absolute atomic E-state index is 12.1. The first kappa shape index (κ1) is 14.6. The Morgan fingerprint density at radius 2 is 2.17 bits per heavy atom. The minimum atomic E-state index is -0.0400. The van der Waals surface area contributed by atoms with Crippen LogP contribution in [0.25, 0.3) is 10.9 Å². The highest BCUT2D eigenvalue weighted by Gasteiger charge is 2.26. The number of nitrogens with one attached hydrogen (secondary N) is 1. The van der Waals surface area contributed by atoms with Gasteiger partial charge < -0.3 is 4.98 Å². The van der Waals surface area contributed by atoms with E-state index in [-0.39, 0.29) is 5.56 Å². The molecule has 1 N–H and O–H groups in total. The molecule has 4 rings (SSSR count). The number of likely N-dealkylation sites (tertiary alicyclic amines) is 1. The third kappa shape index (κ3) is 2.94. The van der Waals surface area contributed by atoms with Crippen LogP contribution in [0.1, 0.15) is 29.6 Å². The van der Waals surface area contributed by atoms with Gasteiger partial charge in [0.25, 0.3) is 5.56 Å². The molecule has 1 aliphatic rings. The van der Waals surface area contributed by atoms with Crippen LogP contribution in [0.4, 0.5) is 0 Å². The first-order chi connectivity index (χ1) is 11.3. The van der Waals surface area contributed by atoms with Crippen molar-refractivity contribution in [3.63, 3.8) is 0 Å². The van der Waals surface area contributed by atoms with Gasteiger partial charge in [0, 0.05) is 23.9 Å². The predicted octanol–water partition coefficient (Wildman–Crippen LogP) is 3.36. The van der Waals surface area contributed by atoms with Gasteiger partial charge in [-0.3, -0.25) is 9.69 Å². The molecule has 0 saturated carbocycles. The van der Waals surface area contributed by atoms with Crippen molar-refractivity contribution in [3.05, 3.63) is 62.8 Å². The molecule has 0 aliphatic carbocycles. The molecule has 1 saturated heterocycles. The number of aromatic nitrogens is 2. The van der Waals surface area contributed by atoms with E-state index in [1.165, 1.54) is 17.7 Å². The number of nitrogens with zero attached hydrogens (tertiary/aromatic N) is 2. The summed E-state index contributed by atoms with van der Waals surface area (Å²) in [7, 11) is 0. The third-order valence-corrected chi connectivity index (χ3v) is 5.51. The molecular formula is C18H19N3OS. The molecule has 5 heteroatoms. The van der Waals surface area contributed by atoms with E-state index in [9.17, 15) is 4.79 Å². The lowest BCUT2D eigenvalue weighted by atomic mass is 10.2. The van der Waals surface area contributed by atoms with Crippen LogP contribution >= 0.6 is 11.3 Å². The lowest BCUT2D eigenvalue weighted by Gasteiger charge is -2.23. The van der Waals surface area contributed by atoms with E-state index in [1.807, 2.05) is 35.6 Å². The van der Waals surface area contributed by atoms with Crippen molar-refractivity contribution in [1.29, 1.82) is 0 Å². The first-order valence-electron chi connectivity index (χ1n) is 8.06. The van der Waals surface area contributed by atoms with Gasteiger partial charge in [0.15, 0.2) is 0 Å². The summed E-state index contributed by atoms with van der Waals surface area (Å²) < 4.78 is 0. The average Bonchev–Trinajstić information content (AvgIpc) is 3.24. The summed E-state index contributed by atoms with van der Waals surface area (Å²) in [6.45, 7) is 2.06. The van der Waals surface area contributed by atoms with Crippen LogP contribution in [-0.2, 0) is 6.42 Å². The minimum absolute atomic E-state index is 0.0400. The summed E-state index contributed by atoms with van der Waals surface area (Å²) >= 11 is 1.83. The fourth-order valence-electron chi connectivity index (χ4n) is 3.40. The quantitative estimate of drug-likeness (QED) is 0.800. The van der Waals surface area contributed by atoms with Gasteiger partial charge in [0.1, 0.15) is 5.82 Å². The van der Waals surface area contributed by atoms with Crippen molar-refractivity contribution in [2.24, 2.45) is 0 Å². The normalized spacial score (nSPS) is 18.7. The molecule has 1 aliphatic heterocycles. The fraction of sp³-hybridized carbons (Fsp3) is 0.333. The molecule has 0 spiro atoms. The number of para-hydroxylation sites is 1. The summed E-state index contributed by atoms with van der Waals surface area (Å²) in [4.78, 5) is 23.6. The number of thiophene rings is 1. The van der Waals surface area contributed by atoms with Gasteiger partial charge in [-0.25, -0.2) is 4.98 Å². The Morgan fingerprint density at radius 1 is 1.26 bits per heavy atom. The van der Waals surface area contributed by atoms with Gasteiger partial charge in [-0.1, -0.05) is 18.2 Å². The summed E-state index contributed by atoms with van der Waals surface area (Å²) in [5.74, 6) is 0.783. The molecule has 3 heterocycles. The van der Waals surface area contributed by atoms with Gasteiger partial charge in [-0.15, -0.1) is 11.3 Å². The third-order valence-electron chi connectivity index (χ3n) is 4.53. The fourth-order valence-corrected chi connectivity index (χ4v) is 4.30. The smallest absolute Gasteiger partial charge is 0.258 e. The van der Waals surface area contributed by atoms with Crippen LogP contribution in [0.5, 0.6) is 0 Å². The second kappa shape index (κ2) is 6.26. The van der Waals surface area contributed by atoms with Crippen molar-refractivity contribution in [2.75, 3.05) is 13.1 Å². The molecule has 1 fully saturated rings. The molecule has 0 unspecified atom stereocenters. The number of hydrogen-bond acceptors (Lipinski definition) is 4. The highest BCUT2D eigenvalue weighted by molar-refractivity contribution is 7.10. The Morgan fingerprint density at radius 3 is 3.04 bits per heavy atom. The molecular weight excluding hydrogens is 306 g/mol. The van der Waals surface area contributed by atoms with Gasteiger partial charge in [-0.05, 0) is 43.0 Å². The van der Waals surface area contributed by atoms with Gasteiger partial charge in [0.05, 0.1) is 10.9 Å². The highest BCUT2D eigenvalue weighted by atomic mass is 32.1. The van der Waals surface area contributed by atoms with E-state index in [1.54, 1.807) is 0 Å². The zero-order chi connectivity index (χ0) is 15.6. The van der Waals surface area contributed by atoms with Crippen LogP contribution in [0.2, 0.25) is 0 Å². The van der Waals surface area contributed by atoms with E-state index in [0.717, 1.165) is 30.9 Å². The van der Waals surface area contributed by atoms with E-state index in [4.69, 9.17) is 0 Å². The van der Waals surface area contributed by atoms with Gasteiger partial charge >= 0.3 is 0 Å². The number of H-pyrrole nitrogens is 1. The predicted molar refractivity (Wildman–Crippen MR) is 93.9 cm³/mol. The topological polar surface area (TPSA) is 49.0 Å². The monoisotopic (exact) mass is 325 g/mol. The molecule has 23 heavy (non-hydrogen) atoms. The van der Waals surface area contributed by atoms with Crippen molar-refractivity contribution in [1.82, 2.24) is 14.9 Å². The van der Waals surface area contributed by atoms with Crippen LogP contribution in [0.15, 0.2) is 46.6 Å². The average molecular weight is 325 g/mol. The number of benzene rings is 1. The summed E-state index contributed by atoms with van der Waals surface area (Å²) in [5, 5.41) is 2.81. The molecule has 3 aromatic rings. The summed E-state index contributed by atoms with van der Waals surface area (Å²) in [5.41, 5.74) is 0.740. The zero-order valence-electron chi connectivity index (χ0n) is 12.9. The second-order valence-electron chi connectivity index (χ2n) is 5.99. The van der Waals surface area contributed by atoms with Crippen LogP contribution in [-0.4, -0.2) is 28.0 Å². The van der Waals surface area contributed by atoms with Crippen molar-refractivity contribution in [3.8, 4) is 0 Å². The molecule has 1 atom stereocenters. The number of fused-ring (bicyclic) bond motifs is 1. The van der Waals surface area contributed by atoms with Crippen molar-refractivity contribution in [2.45, 2.75) is 25.3 Å². The number of rotatable bonds is 4. The molecule has 0 radical (unpaired) electrons. The Labute approximate surface area is 138 Å². The zero-order valence-corrected chi connectivity index (χ0v) is 13.7. The molecule has 1 aromatic carbocycles. The van der Waals surface area contributed by atoms with Gasteiger partial charge in [-0.2, -0.15) is 0 Å². The molecule has 2 aromatic heterocycles. The maximum atomic E-state index is 12.1. The SMILES string of the molecule is O=c1[nH]c(CCN2CCC[C@@H]2c2cccs2)nc2ccccc12. The largest absolute Gasteiger partial charge is 0.310 e. The Kier molecular flexibility index (Phi) is 3.97. The van der Waals surface area contributed by atoms with Crippen molar-refractivity contribution < 1.29 is 0 Å².